The smallest absolute Gasteiger partial charge is 0.258 e. The van der Waals surface area contributed by atoms with Crippen LogP contribution in [0.3, 0.4) is 0 Å². The fraction of sp³-hybridized carbons (Fsp3) is 0.429. The summed E-state index contributed by atoms with van der Waals surface area (Å²) in [6.07, 6.45) is 0.836. The van der Waals surface area contributed by atoms with Crippen molar-refractivity contribution in [3.8, 4) is 5.75 Å². The van der Waals surface area contributed by atoms with Crippen molar-refractivity contribution >= 4 is 35.0 Å². The molecular weight excluding hydrogens is 315 g/mol. The minimum atomic E-state index is -0.623. The summed E-state index contributed by atoms with van der Waals surface area (Å²) in [6, 6.07) is 4.28. The third-order valence-electron chi connectivity index (χ3n) is 2.59. The van der Waals surface area contributed by atoms with Crippen molar-refractivity contribution in [2.45, 2.75) is 26.3 Å². The summed E-state index contributed by atoms with van der Waals surface area (Å²) in [7, 11) is 0. The SMILES string of the molecule is CCCNC(=O)[C@H](C)NC(=O)COc1cccc(Cl)c1Cl. The number of hydrogen-bond donors (Lipinski definition) is 2. The molecule has 2 amide bonds. The van der Waals surface area contributed by atoms with Crippen LogP contribution in [0.15, 0.2) is 18.2 Å². The van der Waals surface area contributed by atoms with Gasteiger partial charge in [0.05, 0.1) is 5.02 Å². The molecule has 1 rings (SSSR count). The van der Waals surface area contributed by atoms with Crippen LogP contribution in [0, 0.1) is 0 Å². The molecule has 0 radical (unpaired) electrons. The van der Waals surface area contributed by atoms with Crippen LogP contribution in [0.2, 0.25) is 10.0 Å². The van der Waals surface area contributed by atoms with E-state index in [4.69, 9.17) is 27.9 Å². The molecule has 2 N–H and O–H groups in total. The number of rotatable bonds is 7. The molecule has 0 saturated heterocycles. The number of carbonyl (C=O) groups is 2. The molecule has 1 atom stereocenters. The lowest BCUT2D eigenvalue weighted by Gasteiger charge is -2.14. The first-order valence-corrected chi connectivity index (χ1v) is 7.35. The van der Waals surface area contributed by atoms with Gasteiger partial charge in [-0.05, 0) is 25.5 Å². The van der Waals surface area contributed by atoms with E-state index in [1.807, 2.05) is 6.92 Å². The van der Waals surface area contributed by atoms with Gasteiger partial charge >= 0.3 is 0 Å². The summed E-state index contributed by atoms with van der Waals surface area (Å²) in [4.78, 5) is 23.3. The molecule has 0 aromatic heterocycles. The normalized spacial score (nSPS) is 11.6. The van der Waals surface area contributed by atoms with Gasteiger partial charge in [-0.3, -0.25) is 9.59 Å². The molecule has 21 heavy (non-hydrogen) atoms. The average Bonchev–Trinajstić information content (AvgIpc) is 2.46. The molecule has 116 valence electrons. The van der Waals surface area contributed by atoms with Crippen LogP contribution in [-0.2, 0) is 9.59 Å². The van der Waals surface area contributed by atoms with Crippen molar-refractivity contribution in [1.29, 1.82) is 0 Å². The lowest BCUT2D eigenvalue weighted by atomic mass is 10.3. The highest BCUT2D eigenvalue weighted by Gasteiger charge is 2.15. The highest BCUT2D eigenvalue weighted by molar-refractivity contribution is 6.42. The Bertz CT molecular complexity index is 509. The maximum atomic E-state index is 11.7. The molecular formula is C14H18Cl2N2O3. The van der Waals surface area contributed by atoms with E-state index >= 15 is 0 Å². The van der Waals surface area contributed by atoms with Crippen molar-refractivity contribution in [1.82, 2.24) is 10.6 Å². The fourth-order valence-electron chi connectivity index (χ4n) is 1.49. The standard InChI is InChI=1S/C14H18Cl2N2O3/c1-3-7-17-14(20)9(2)18-12(19)8-21-11-6-4-5-10(15)13(11)16/h4-6,9H,3,7-8H2,1-2H3,(H,17,20)(H,18,19)/t9-/m0/s1. The van der Waals surface area contributed by atoms with Gasteiger partial charge in [0.2, 0.25) is 5.91 Å². The van der Waals surface area contributed by atoms with Gasteiger partial charge in [0, 0.05) is 6.54 Å². The number of ether oxygens (including phenoxy) is 1. The van der Waals surface area contributed by atoms with Crippen LogP contribution in [0.25, 0.3) is 0 Å². The third-order valence-corrected chi connectivity index (χ3v) is 3.40. The molecule has 0 heterocycles. The average molecular weight is 333 g/mol. The summed E-state index contributed by atoms with van der Waals surface area (Å²) in [5.74, 6) is -0.321. The summed E-state index contributed by atoms with van der Waals surface area (Å²) in [6.45, 7) is 3.89. The molecule has 0 aliphatic rings. The molecule has 7 heteroatoms. The van der Waals surface area contributed by atoms with E-state index in [2.05, 4.69) is 10.6 Å². The Labute approximate surface area is 133 Å². The van der Waals surface area contributed by atoms with E-state index in [0.29, 0.717) is 17.3 Å². The van der Waals surface area contributed by atoms with Gasteiger partial charge in [-0.25, -0.2) is 0 Å². The summed E-state index contributed by atoms with van der Waals surface area (Å²) < 4.78 is 5.28. The molecule has 1 aromatic carbocycles. The summed E-state index contributed by atoms with van der Waals surface area (Å²) in [5, 5.41) is 5.84. The topological polar surface area (TPSA) is 67.4 Å². The Balaban J connectivity index is 2.43. The quantitative estimate of drug-likeness (QED) is 0.805. The zero-order valence-corrected chi connectivity index (χ0v) is 13.4. The van der Waals surface area contributed by atoms with Gasteiger partial charge in [0.15, 0.2) is 6.61 Å². The van der Waals surface area contributed by atoms with Crippen molar-refractivity contribution < 1.29 is 14.3 Å². The van der Waals surface area contributed by atoms with E-state index in [-0.39, 0.29) is 17.5 Å². The highest BCUT2D eigenvalue weighted by Crippen LogP contribution is 2.31. The van der Waals surface area contributed by atoms with Gasteiger partial charge < -0.3 is 15.4 Å². The Kier molecular flexibility index (Phi) is 7.32. The van der Waals surface area contributed by atoms with Gasteiger partial charge in [0.1, 0.15) is 16.8 Å². The van der Waals surface area contributed by atoms with Gasteiger partial charge in [0.25, 0.3) is 5.91 Å². The van der Waals surface area contributed by atoms with Crippen LogP contribution in [-0.4, -0.2) is 31.0 Å². The molecule has 0 aliphatic heterocycles. The van der Waals surface area contributed by atoms with Crippen molar-refractivity contribution in [3.63, 3.8) is 0 Å². The molecule has 0 unspecified atom stereocenters. The van der Waals surface area contributed by atoms with Gasteiger partial charge in [-0.1, -0.05) is 36.2 Å². The Morgan fingerprint density at radius 2 is 2.05 bits per heavy atom. The lowest BCUT2D eigenvalue weighted by molar-refractivity contribution is -0.129. The monoisotopic (exact) mass is 332 g/mol. The predicted molar refractivity (Wildman–Crippen MR) is 82.9 cm³/mol. The number of amides is 2. The summed E-state index contributed by atoms with van der Waals surface area (Å²) >= 11 is 11.8. The second-order valence-electron chi connectivity index (χ2n) is 4.42. The van der Waals surface area contributed by atoms with Crippen LogP contribution >= 0.6 is 23.2 Å². The molecule has 5 nitrogen and oxygen atoms in total. The third kappa shape index (κ3) is 5.81. The fourth-order valence-corrected chi connectivity index (χ4v) is 1.84. The van der Waals surface area contributed by atoms with E-state index in [0.717, 1.165) is 6.42 Å². The number of hydrogen-bond acceptors (Lipinski definition) is 3. The Morgan fingerprint density at radius 3 is 2.71 bits per heavy atom. The van der Waals surface area contributed by atoms with Crippen LogP contribution < -0.4 is 15.4 Å². The highest BCUT2D eigenvalue weighted by atomic mass is 35.5. The molecule has 0 spiro atoms. The first-order chi connectivity index (χ1) is 9.95. The minimum Gasteiger partial charge on any atom is -0.482 e. The molecule has 0 fully saturated rings. The first-order valence-electron chi connectivity index (χ1n) is 6.59. The zero-order valence-electron chi connectivity index (χ0n) is 11.9. The summed E-state index contributed by atoms with van der Waals surface area (Å²) in [5.41, 5.74) is 0. The van der Waals surface area contributed by atoms with Gasteiger partial charge in [-0.2, -0.15) is 0 Å². The van der Waals surface area contributed by atoms with E-state index < -0.39 is 11.9 Å². The maximum absolute atomic E-state index is 11.7. The Hall–Kier alpha value is -1.46. The number of carbonyl (C=O) groups excluding carboxylic acids is 2. The second kappa shape index (κ2) is 8.74. The zero-order chi connectivity index (χ0) is 15.8. The number of benzene rings is 1. The van der Waals surface area contributed by atoms with Crippen LogP contribution in [0.1, 0.15) is 20.3 Å². The van der Waals surface area contributed by atoms with Crippen LogP contribution in [0.4, 0.5) is 0 Å². The van der Waals surface area contributed by atoms with Crippen molar-refractivity contribution in [3.05, 3.63) is 28.2 Å². The van der Waals surface area contributed by atoms with E-state index in [1.54, 1.807) is 25.1 Å². The molecule has 1 aromatic rings. The number of halogens is 2. The second-order valence-corrected chi connectivity index (χ2v) is 5.21. The molecule has 0 aliphatic carbocycles. The molecule has 0 bridgehead atoms. The van der Waals surface area contributed by atoms with Gasteiger partial charge in [-0.15, -0.1) is 0 Å². The number of nitrogens with one attached hydrogen (secondary N) is 2. The van der Waals surface area contributed by atoms with E-state index in [1.165, 1.54) is 0 Å². The van der Waals surface area contributed by atoms with E-state index in [9.17, 15) is 9.59 Å². The largest absolute Gasteiger partial charge is 0.482 e. The first kappa shape index (κ1) is 17.6. The Morgan fingerprint density at radius 1 is 1.33 bits per heavy atom. The molecule has 0 saturated carbocycles. The van der Waals surface area contributed by atoms with Crippen molar-refractivity contribution in [2.24, 2.45) is 0 Å². The van der Waals surface area contributed by atoms with Crippen molar-refractivity contribution in [2.75, 3.05) is 13.2 Å². The minimum absolute atomic E-state index is 0.231. The lowest BCUT2D eigenvalue weighted by Crippen LogP contribution is -2.46. The maximum Gasteiger partial charge on any atom is 0.258 e. The van der Waals surface area contributed by atoms with Crippen LogP contribution in [0.5, 0.6) is 5.75 Å². The predicted octanol–water partition coefficient (Wildman–Crippen LogP) is 2.40.